The molecule has 2 unspecified atom stereocenters. The zero-order valence-corrected chi connectivity index (χ0v) is 10.9. The van der Waals surface area contributed by atoms with Gasteiger partial charge in [0.25, 0.3) is 10.2 Å². The highest BCUT2D eigenvalue weighted by Crippen LogP contribution is 2.39. The lowest BCUT2D eigenvalue weighted by molar-refractivity contribution is -0.140. The molecule has 0 aromatic heterocycles. The minimum absolute atomic E-state index is 0.275. The molecule has 1 N–H and O–H groups in total. The SMILES string of the molecule is CC1CC1CN1CCN([C@H](C)C(=O)O)S1(=O)=O. The van der Waals surface area contributed by atoms with Crippen LogP contribution in [-0.2, 0) is 15.0 Å². The van der Waals surface area contributed by atoms with Crippen LogP contribution in [-0.4, -0.2) is 53.8 Å². The Labute approximate surface area is 101 Å². The fourth-order valence-corrected chi connectivity index (χ4v) is 4.00. The number of carbonyl (C=O) groups is 1. The summed E-state index contributed by atoms with van der Waals surface area (Å²) < 4.78 is 26.7. The van der Waals surface area contributed by atoms with Crippen LogP contribution >= 0.6 is 0 Å². The lowest BCUT2D eigenvalue weighted by Crippen LogP contribution is -2.42. The highest BCUT2D eigenvalue weighted by Gasteiger charge is 2.45. The van der Waals surface area contributed by atoms with Crippen molar-refractivity contribution in [3.05, 3.63) is 0 Å². The van der Waals surface area contributed by atoms with Gasteiger partial charge in [-0.15, -0.1) is 0 Å². The van der Waals surface area contributed by atoms with Gasteiger partial charge < -0.3 is 5.11 Å². The van der Waals surface area contributed by atoms with Crippen molar-refractivity contribution in [1.82, 2.24) is 8.61 Å². The van der Waals surface area contributed by atoms with Gasteiger partial charge in [-0.25, -0.2) is 0 Å². The average Bonchev–Trinajstić information content (AvgIpc) is 2.83. The standard InChI is InChI=1S/C10H18N2O4S/c1-7-5-9(7)6-11-3-4-12(17(11,15)16)8(2)10(13)14/h7-9H,3-6H2,1-2H3,(H,13,14)/t7?,8-,9?/m1/s1. The van der Waals surface area contributed by atoms with Gasteiger partial charge in [-0.1, -0.05) is 6.92 Å². The van der Waals surface area contributed by atoms with Gasteiger partial charge in [0, 0.05) is 19.6 Å². The van der Waals surface area contributed by atoms with E-state index in [1.165, 1.54) is 11.2 Å². The van der Waals surface area contributed by atoms with E-state index < -0.39 is 22.2 Å². The first-order valence-corrected chi connectivity index (χ1v) is 7.23. The molecule has 0 aromatic carbocycles. The van der Waals surface area contributed by atoms with E-state index in [0.29, 0.717) is 24.9 Å². The molecule has 0 amide bonds. The van der Waals surface area contributed by atoms with Crippen LogP contribution in [0.15, 0.2) is 0 Å². The van der Waals surface area contributed by atoms with E-state index in [9.17, 15) is 13.2 Å². The summed E-state index contributed by atoms with van der Waals surface area (Å²) in [7, 11) is -3.56. The van der Waals surface area contributed by atoms with E-state index in [4.69, 9.17) is 5.11 Å². The number of nitrogens with zero attached hydrogens (tertiary/aromatic N) is 2. The lowest BCUT2D eigenvalue weighted by atomic mass is 10.3. The Morgan fingerprint density at radius 3 is 2.53 bits per heavy atom. The molecule has 1 heterocycles. The summed E-state index contributed by atoms with van der Waals surface area (Å²) in [6, 6.07) is -0.985. The van der Waals surface area contributed by atoms with Crippen LogP contribution in [0.4, 0.5) is 0 Å². The Morgan fingerprint density at radius 2 is 2.06 bits per heavy atom. The van der Waals surface area contributed by atoms with Crippen LogP contribution in [0.1, 0.15) is 20.3 Å². The molecule has 1 saturated heterocycles. The van der Waals surface area contributed by atoms with Crippen LogP contribution in [0.2, 0.25) is 0 Å². The lowest BCUT2D eigenvalue weighted by Gasteiger charge is -2.21. The summed E-state index contributed by atoms with van der Waals surface area (Å²) in [5.41, 5.74) is 0. The zero-order chi connectivity index (χ0) is 12.8. The number of aliphatic carboxylic acids is 1. The van der Waals surface area contributed by atoms with Gasteiger partial charge in [-0.05, 0) is 25.2 Å². The van der Waals surface area contributed by atoms with Crippen molar-refractivity contribution in [3.63, 3.8) is 0 Å². The molecule has 0 bridgehead atoms. The molecule has 1 aliphatic carbocycles. The van der Waals surface area contributed by atoms with Gasteiger partial charge in [0.1, 0.15) is 6.04 Å². The van der Waals surface area contributed by atoms with Crippen LogP contribution in [0.5, 0.6) is 0 Å². The van der Waals surface area contributed by atoms with Gasteiger partial charge in [0.2, 0.25) is 0 Å². The third-order valence-electron chi connectivity index (χ3n) is 3.70. The van der Waals surface area contributed by atoms with Crippen LogP contribution in [0.3, 0.4) is 0 Å². The van der Waals surface area contributed by atoms with Gasteiger partial charge in [-0.3, -0.25) is 4.79 Å². The summed E-state index contributed by atoms with van der Waals surface area (Å²) >= 11 is 0. The normalized spacial score (nSPS) is 34.7. The molecule has 6 nitrogen and oxygen atoms in total. The smallest absolute Gasteiger partial charge is 0.321 e. The van der Waals surface area contributed by atoms with Crippen LogP contribution in [0, 0.1) is 11.8 Å². The third-order valence-corrected chi connectivity index (χ3v) is 5.77. The molecule has 2 rings (SSSR count). The summed E-state index contributed by atoms with van der Waals surface area (Å²) in [6.07, 6.45) is 1.07. The first-order valence-electron chi connectivity index (χ1n) is 5.83. The second-order valence-electron chi connectivity index (χ2n) is 4.96. The Bertz CT molecular complexity index is 422. The van der Waals surface area contributed by atoms with Gasteiger partial charge in [0.15, 0.2) is 0 Å². The quantitative estimate of drug-likeness (QED) is 0.772. The van der Waals surface area contributed by atoms with Crippen molar-refractivity contribution < 1.29 is 18.3 Å². The Hall–Kier alpha value is -0.660. The third kappa shape index (κ3) is 2.31. The van der Waals surface area contributed by atoms with Crippen molar-refractivity contribution in [2.75, 3.05) is 19.6 Å². The Balaban J connectivity index is 2.06. The monoisotopic (exact) mass is 262 g/mol. The average molecular weight is 262 g/mol. The zero-order valence-electron chi connectivity index (χ0n) is 10.0. The van der Waals surface area contributed by atoms with Crippen molar-refractivity contribution in [2.45, 2.75) is 26.3 Å². The number of carboxylic acid groups (broad SMARTS) is 1. The molecule has 98 valence electrons. The summed E-state index contributed by atoms with van der Waals surface area (Å²) in [6.45, 7) is 4.72. The molecule has 0 aromatic rings. The molecule has 3 atom stereocenters. The highest BCUT2D eigenvalue weighted by atomic mass is 32.2. The molecule has 7 heteroatoms. The topological polar surface area (TPSA) is 77.9 Å². The van der Waals surface area contributed by atoms with Crippen molar-refractivity contribution >= 4 is 16.2 Å². The molecule has 1 aliphatic heterocycles. The molecule has 2 aliphatic rings. The molecular formula is C10H18N2O4S. The first-order chi connectivity index (χ1) is 7.84. The number of rotatable bonds is 4. The van der Waals surface area contributed by atoms with E-state index in [-0.39, 0.29) is 6.54 Å². The second-order valence-corrected chi connectivity index (χ2v) is 6.84. The van der Waals surface area contributed by atoms with Crippen molar-refractivity contribution in [2.24, 2.45) is 11.8 Å². The minimum Gasteiger partial charge on any atom is -0.480 e. The first kappa shape index (κ1) is 12.8. The van der Waals surface area contributed by atoms with E-state index >= 15 is 0 Å². The fraction of sp³-hybridized carbons (Fsp3) is 0.900. The summed E-state index contributed by atoms with van der Waals surface area (Å²) in [5.74, 6) is -0.0591. The summed E-state index contributed by atoms with van der Waals surface area (Å²) in [5, 5.41) is 8.87. The molecular weight excluding hydrogens is 244 g/mol. The maximum atomic E-state index is 12.1. The summed E-state index contributed by atoms with van der Waals surface area (Å²) in [4.78, 5) is 10.8. The number of carboxylic acids is 1. The van der Waals surface area contributed by atoms with Gasteiger partial charge in [0.05, 0.1) is 0 Å². The maximum absolute atomic E-state index is 12.1. The predicted octanol–water partition coefficient (Wildman–Crippen LogP) is -0.0221. The molecule has 0 radical (unpaired) electrons. The Kier molecular flexibility index (Phi) is 3.17. The fourth-order valence-electron chi connectivity index (χ4n) is 2.21. The number of hydrogen-bond acceptors (Lipinski definition) is 3. The van der Waals surface area contributed by atoms with Crippen molar-refractivity contribution in [3.8, 4) is 0 Å². The van der Waals surface area contributed by atoms with E-state index in [1.54, 1.807) is 0 Å². The van der Waals surface area contributed by atoms with E-state index in [1.807, 2.05) is 0 Å². The van der Waals surface area contributed by atoms with Crippen LogP contribution in [0.25, 0.3) is 0 Å². The number of hydrogen-bond donors (Lipinski definition) is 1. The molecule has 17 heavy (non-hydrogen) atoms. The largest absolute Gasteiger partial charge is 0.480 e. The van der Waals surface area contributed by atoms with Gasteiger partial charge >= 0.3 is 5.97 Å². The predicted molar refractivity (Wildman–Crippen MR) is 61.6 cm³/mol. The second kappa shape index (κ2) is 4.22. The van der Waals surface area contributed by atoms with E-state index in [2.05, 4.69) is 6.92 Å². The minimum atomic E-state index is -3.56. The van der Waals surface area contributed by atoms with E-state index in [0.717, 1.165) is 10.7 Å². The Morgan fingerprint density at radius 1 is 1.47 bits per heavy atom. The molecule has 2 fully saturated rings. The van der Waals surface area contributed by atoms with Crippen molar-refractivity contribution in [1.29, 1.82) is 0 Å². The molecule has 1 saturated carbocycles. The van der Waals surface area contributed by atoms with Crippen LogP contribution < -0.4 is 0 Å². The van der Waals surface area contributed by atoms with Gasteiger partial charge in [-0.2, -0.15) is 17.0 Å². The maximum Gasteiger partial charge on any atom is 0.321 e. The highest BCUT2D eigenvalue weighted by molar-refractivity contribution is 7.87. The molecule has 0 spiro atoms.